The first-order chi connectivity index (χ1) is 34.8. The van der Waals surface area contributed by atoms with Crippen molar-refractivity contribution in [3.05, 3.63) is 0 Å². The van der Waals surface area contributed by atoms with Gasteiger partial charge in [0.15, 0.2) is 0 Å². The molecule has 23 nitrogen and oxygen atoms in total. The molecule has 3 amide bonds. The van der Waals surface area contributed by atoms with Crippen molar-refractivity contribution in [2.45, 2.75) is 216 Å². The largest absolute Gasteiger partial charge is 0.519 e. The van der Waals surface area contributed by atoms with Crippen molar-refractivity contribution < 1.29 is 105 Å². The van der Waals surface area contributed by atoms with Crippen molar-refractivity contribution in [3.63, 3.8) is 0 Å². The number of carbonyl (C=O) groups excluding carboxylic acids is 5. The SMILES string of the molecule is CC(C)(C)OC(=O)OC(=O)OC(C)(C)C.CN1CCN(C)C1(F)F.C[C@@H](N)CO.C[C@@H](N)COC(F)F.C[C@H](CO)NC(=O)OC(C)(C)C.C[C@H](COC(F)F)NC(=O)OC(C)(C)C.C[C@H](COC=S)NC(=O)OC(C)(C)C.Cl.Cl.[HH]. The molecule has 0 spiro atoms. The summed E-state index contributed by atoms with van der Waals surface area (Å²) in [6.07, 6.45) is -6.43. The summed E-state index contributed by atoms with van der Waals surface area (Å²) >= 11 is 4.48. The number of thiocarbonyl (C=S) groups is 1. The zero-order valence-corrected chi connectivity index (χ0v) is 53.2. The van der Waals surface area contributed by atoms with Gasteiger partial charge in [-0.25, -0.2) is 33.8 Å². The Labute approximate surface area is 489 Å². The average Bonchev–Trinajstić information content (AvgIpc) is 3.44. The number of nitrogens with zero attached hydrogens (tertiary/aromatic N) is 2. The molecule has 0 aromatic carbocycles. The third kappa shape index (κ3) is 76.3. The second-order valence-electron chi connectivity index (χ2n) is 22.0. The lowest BCUT2D eigenvalue weighted by Gasteiger charge is -2.22. The van der Waals surface area contributed by atoms with Crippen LogP contribution in [0.4, 0.5) is 50.3 Å². The highest BCUT2D eigenvalue weighted by Gasteiger charge is 2.44. The van der Waals surface area contributed by atoms with Gasteiger partial charge in [-0.15, -0.1) is 24.8 Å². The van der Waals surface area contributed by atoms with Crippen LogP contribution in [-0.4, -0.2) is 194 Å². The number of alkyl halides is 6. The number of aliphatic hydroxyl groups is 2. The number of hydrogen-bond donors (Lipinski definition) is 7. The number of alkyl carbamates (subject to hydrolysis) is 3. The molecule has 0 unspecified atom stereocenters. The molecule has 486 valence electrons. The van der Waals surface area contributed by atoms with Crippen LogP contribution in [0.15, 0.2) is 0 Å². The minimum atomic E-state index is -2.83. The van der Waals surface area contributed by atoms with Gasteiger partial charge in [-0.1, -0.05) is 0 Å². The van der Waals surface area contributed by atoms with Crippen molar-refractivity contribution in [1.82, 2.24) is 25.8 Å². The molecular weight excluding hydrogens is 1150 g/mol. The van der Waals surface area contributed by atoms with Crippen LogP contribution in [0.2, 0.25) is 0 Å². The van der Waals surface area contributed by atoms with Crippen molar-refractivity contribution in [1.29, 1.82) is 0 Å². The van der Waals surface area contributed by atoms with Gasteiger partial charge in [0.2, 0.25) is 0 Å². The number of rotatable bonds is 14. The van der Waals surface area contributed by atoms with Crippen molar-refractivity contribution in [2.24, 2.45) is 11.5 Å². The van der Waals surface area contributed by atoms with Crippen LogP contribution in [-0.2, 0) is 42.6 Å². The summed E-state index contributed by atoms with van der Waals surface area (Å²) in [5, 5.41) is 24.1. The van der Waals surface area contributed by atoms with Crippen LogP contribution in [0.25, 0.3) is 0 Å². The van der Waals surface area contributed by atoms with Crippen LogP contribution in [0.1, 0.15) is 140 Å². The van der Waals surface area contributed by atoms with Crippen LogP contribution < -0.4 is 27.4 Å². The predicted molar refractivity (Wildman–Crippen MR) is 302 cm³/mol. The molecule has 9 N–H and O–H groups in total. The topological polar surface area (TPSA) is 303 Å². The molecule has 80 heavy (non-hydrogen) atoms. The summed E-state index contributed by atoms with van der Waals surface area (Å²) in [5.74, 6) is 0. The number of halogens is 8. The lowest BCUT2D eigenvalue weighted by molar-refractivity contribution is -0.192. The predicted octanol–water partition coefficient (Wildman–Crippen LogP) is 9.18. The van der Waals surface area contributed by atoms with E-state index in [0.717, 1.165) is 9.80 Å². The number of nitrogens with two attached hydrogens (primary N) is 2. The summed E-state index contributed by atoms with van der Waals surface area (Å²) < 4.78 is 112. The Bertz CT molecular complexity index is 1590. The molecule has 0 bridgehead atoms. The smallest absolute Gasteiger partial charge is 0.488 e. The maximum atomic E-state index is 12.6. The third-order valence-electron chi connectivity index (χ3n) is 6.86. The van der Waals surface area contributed by atoms with Crippen LogP contribution in [0, 0.1) is 0 Å². The first-order valence-corrected chi connectivity index (χ1v) is 24.8. The van der Waals surface area contributed by atoms with Gasteiger partial charge in [0.05, 0.1) is 44.6 Å². The van der Waals surface area contributed by atoms with E-state index in [2.05, 4.69) is 42.4 Å². The molecule has 32 heteroatoms. The Morgan fingerprint density at radius 2 is 0.825 bits per heavy atom. The molecule has 1 heterocycles. The summed E-state index contributed by atoms with van der Waals surface area (Å²) in [6, 6.07) is -1.28. The number of hydrogen-bond acceptors (Lipinski definition) is 21. The number of aliphatic hydroxyl groups excluding tert-OH is 2. The molecule has 5 atom stereocenters. The molecule has 1 saturated heterocycles. The summed E-state index contributed by atoms with van der Waals surface area (Å²) in [7, 11) is 2.84. The summed E-state index contributed by atoms with van der Waals surface area (Å²) in [4.78, 5) is 57.4. The second kappa shape index (κ2) is 46.7. The van der Waals surface area contributed by atoms with E-state index < -0.39 is 84.0 Å². The normalized spacial score (nSPS) is 14.8. The number of amides is 3. The van der Waals surface area contributed by atoms with Gasteiger partial charge >= 0.3 is 50.0 Å². The van der Waals surface area contributed by atoms with Gasteiger partial charge in [0, 0.05) is 26.6 Å². The third-order valence-corrected chi connectivity index (χ3v) is 6.99. The van der Waals surface area contributed by atoms with E-state index in [0.29, 0.717) is 19.7 Å². The Hall–Kier alpha value is -3.72. The molecular formula is C48H101Cl2F6N7O16S. The molecule has 1 aliphatic rings. The Morgan fingerprint density at radius 1 is 0.550 bits per heavy atom. The average molecular weight is 1250 g/mol. The fourth-order valence-corrected chi connectivity index (χ4v) is 3.83. The van der Waals surface area contributed by atoms with E-state index in [1.807, 2.05) is 27.7 Å². The maximum absolute atomic E-state index is 12.6. The van der Waals surface area contributed by atoms with E-state index in [1.54, 1.807) is 111 Å². The molecule has 1 fully saturated rings. The Morgan fingerprint density at radius 3 is 1.02 bits per heavy atom. The van der Waals surface area contributed by atoms with Crippen molar-refractivity contribution in [2.75, 3.05) is 60.2 Å². The zero-order chi connectivity index (χ0) is 63.2. The van der Waals surface area contributed by atoms with E-state index in [-0.39, 0.29) is 76.8 Å². The number of carbonyl (C=O) groups is 5. The van der Waals surface area contributed by atoms with Crippen LogP contribution >= 0.6 is 37.0 Å². The van der Waals surface area contributed by atoms with Gasteiger partial charge in [0.25, 0.3) is 0 Å². The van der Waals surface area contributed by atoms with Crippen LogP contribution in [0.3, 0.4) is 0 Å². The standard InChI is InChI=1S/C10H18O5.C9H17F2NO3.C9H17NO3S.C8H17NO3.C5H10F2N2.C4H9F2NO.C3H9NO.2ClH.H2/c1-9(2,3)14-7(11)13-8(12)15-10(4,5)6;1-6(5-14-7(10)11)12-8(13)15-9(2,3)4;1-7(5-12-6-14)10-8(11)13-9(2,3)4;1-6(5-10)9-7(11)12-8(2,3)4;1-8-3-4-9(2)5(8,6)7;1-3(7)2-8-4(5)6;1-3(4)2-5;;;/h1-6H3;6-7H,5H2,1-4H3,(H,12,13);6-7H,5H2,1-4H3,(H,10,11);6,10H,5H2,1-4H3,(H,9,11);3-4H2,1-2H3;3-4H,2,7H2,1H3;3,5H,2,4H2,1H3;3*1H/t;6-;7-;6-;;2*3-;;;/m.111.11.../s1. The van der Waals surface area contributed by atoms with Gasteiger partial charge < -0.3 is 80.3 Å². The highest BCUT2D eigenvalue weighted by Crippen LogP contribution is 2.26. The van der Waals surface area contributed by atoms with Gasteiger partial charge in [0.1, 0.15) is 40.2 Å². The molecule has 0 aromatic heterocycles. The Balaban J connectivity index is -0.000000108. The first kappa shape index (κ1) is 92.7. The summed E-state index contributed by atoms with van der Waals surface area (Å²) in [6.45, 7) is 29.8. The van der Waals surface area contributed by atoms with Gasteiger partial charge in [-0.3, -0.25) is 0 Å². The molecule has 1 aliphatic heterocycles. The highest BCUT2D eigenvalue weighted by molar-refractivity contribution is 7.78. The monoisotopic (exact) mass is 1250 g/mol. The summed E-state index contributed by atoms with van der Waals surface area (Å²) in [5.41, 5.74) is 8.34. The lowest BCUT2D eigenvalue weighted by atomic mass is 10.2. The molecule has 1 rings (SSSR count). The van der Waals surface area contributed by atoms with E-state index >= 15 is 0 Å². The lowest BCUT2D eigenvalue weighted by Crippen LogP contribution is -2.41. The van der Waals surface area contributed by atoms with Crippen LogP contribution in [0.5, 0.6) is 0 Å². The molecule has 0 radical (unpaired) electrons. The van der Waals surface area contributed by atoms with Crippen molar-refractivity contribution in [3.8, 4) is 0 Å². The fourth-order valence-electron chi connectivity index (χ4n) is 3.75. The quantitative estimate of drug-likeness (QED) is 0.0213. The molecule has 0 saturated carbocycles. The first-order valence-electron chi connectivity index (χ1n) is 24.3. The highest BCUT2D eigenvalue weighted by atomic mass is 35.5. The fraction of sp³-hybridized carbons (Fsp3) is 0.875. The number of ether oxygens (including phenoxy) is 9. The minimum absolute atomic E-state index is 0. The molecule has 0 aliphatic carbocycles. The van der Waals surface area contributed by atoms with E-state index in [9.17, 15) is 50.3 Å². The van der Waals surface area contributed by atoms with E-state index in [1.165, 1.54) is 19.6 Å². The van der Waals surface area contributed by atoms with Gasteiger partial charge in [-0.2, -0.15) is 26.3 Å². The molecule has 0 aromatic rings. The number of nitrogens with one attached hydrogen (secondary N) is 3. The Kier molecular flexibility index (Phi) is 54.2. The maximum Gasteiger partial charge on any atom is 0.519 e. The van der Waals surface area contributed by atoms with E-state index in [4.69, 9.17) is 50.1 Å². The van der Waals surface area contributed by atoms with Gasteiger partial charge in [-0.05, 0) is 165 Å². The number of likely N-dealkylation sites (N-methyl/N-ethyl adjacent to an activating group) is 2. The van der Waals surface area contributed by atoms with Crippen molar-refractivity contribution >= 4 is 73.2 Å². The zero-order valence-electron chi connectivity index (χ0n) is 50.7. The second-order valence-corrected chi connectivity index (χ2v) is 22.2. The minimum Gasteiger partial charge on any atom is -0.488 e.